The van der Waals surface area contributed by atoms with Crippen molar-refractivity contribution in [3.63, 3.8) is 0 Å². The van der Waals surface area contributed by atoms with Gasteiger partial charge in [-0.2, -0.15) is 0 Å². The van der Waals surface area contributed by atoms with Crippen LogP contribution in [0.2, 0.25) is 0 Å². The minimum Gasteiger partial charge on any atom is -0.388 e. The van der Waals surface area contributed by atoms with Crippen molar-refractivity contribution in [3.8, 4) is 0 Å². The van der Waals surface area contributed by atoms with Gasteiger partial charge in [0.2, 0.25) is 0 Å². The van der Waals surface area contributed by atoms with Crippen molar-refractivity contribution in [2.24, 2.45) is 0 Å². The lowest BCUT2D eigenvalue weighted by Gasteiger charge is -2.26. The van der Waals surface area contributed by atoms with Crippen molar-refractivity contribution in [2.45, 2.75) is 50.2 Å². The van der Waals surface area contributed by atoms with E-state index in [2.05, 4.69) is 4.98 Å². The summed E-state index contributed by atoms with van der Waals surface area (Å²) >= 11 is 1.47. The van der Waals surface area contributed by atoms with E-state index in [1.807, 2.05) is 35.2 Å². The second kappa shape index (κ2) is 6.65. The van der Waals surface area contributed by atoms with E-state index in [1.54, 1.807) is 5.51 Å². The fourth-order valence-electron chi connectivity index (χ4n) is 3.61. The van der Waals surface area contributed by atoms with Gasteiger partial charge in [0.25, 0.3) is 5.91 Å². The second-order valence-electron chi connectivity index (χ2n) is 6.80. The predicted octanol–water partition coefficient (Wildman–Crippen LogP) is 3.75. The van der Waals surface area contributed by atoms with Gasteiger partial charge < -0.3 is 10.0 Å². The fourth-order valence-corrected chi connectivity index (χ4v) is 4.44. The highest BCUT2D eigenvalue weighted by Gasteiger charge is 2.36. The average Bonchev–Trinajstić information content (AvgIpc) is 3.16. The van der Waals surface area contributed by atoms with E-state index in [0.717, 1.165) is 48.4 Å². The van der Waals surface area contributed by atoms with Crippen molar-refractivity contribution in [1.82, 2.24) is 9.88 Å². The van der Waals surface area contributed by atoms with Gasteiger partial charge in [-0.3, -0.25) is 4.79 Å². The Kier molecular flexibility index (Phi) is 4.37. The van der Waals surface area contributed by atoms with Gasteiger partial charge in [-0.1, -0.05) is 30.3 Å². The highest BCUT2D eigenvalue weighted by Crippen LogP contribution is 2.42. The van der Waals surface area contributed by atoms with Gasteiger partial charge in [0.05, 0.1) is 17.3 Å². The molecule has 0 radical (unpaired) electrons. The molecule has 1 saturated carbocycles. The van der Waals surface area contributed by atoms with Crippen LogP contribution in [0.5, 0.6) is 0 Å². The molecule has 0 spiro atoms. The molecule has 2 heterocycles. The molecule has 1 amide bonds. The van der Waals surface area contributed by atoms with Crippen molar-refractivity contribution in [3.05, 3.63) is 52.0 Å². The molecular formula is C19H22N2O2S. The summed E-state index contributed by atoms with van der Waals surface area (Å²) in [5, 5.41) is 10.5. The standard InChI is InChI=1S/C19H22N2O2S/c22-16(13-5-2-1-3-6-13)11-15-7-4-10-21(15)19(23)18-17(14-8-9-14)20-12-24-18/h1-3,5-6,12,14-16,22H,4,7-11H2. The number of amides is 1. The Morgan fingerprint density at radius 3 is 2.83 bits per heavy atom. The van der Waals surface area contributed by atoms with Crippen LogP contribution in [0, 0.1) is 0 Å². The first-order valence-electron chi connectivity index (χ1n) is 8.71. The van der Waals surface area contributed by atoms with Crippen LogP contribution < -0.4 is 0 Å². The van der Waals surface area contributed by atoms with Crippen molar-refractivity contribution < 1.29 is 9.90 Å². The lowest BCUT2D eigenvalue weighted by Crippen LogP contribution is -2.36. The molecule has 126 valence electrons. The molecule has 1 aliphatic heterocycles. The van der Waals surface area contributed by atoms with Crippen LogP contribution in [-0.2, 0) is 0 Å². The normalized spacial score (nSPS) is 21.9. The number of likely N-dealkylation sites (tertiary alicyclic amines) is 1. The van der Waals surface area contributed by atoms with Gasteiger partial charge in [-0.15, -0.1) is 11.3 Å². The third kappa shape index (κ3) is 3.10. The molecule has 1 aromatic carbocycles. The third-order valence-corrected chi connectivity index (χ3v) is 5.90. The molecule has 0 bridgehead atoms. The molecule has 2 unspecified atom stereocenters. The molecule has 4 rings (SSSR count). The Labute approximate surface area is 146 Å². The molecule has 1 aliphatic carbocycles. The lowest BCUT2D eigenvalue weighted by molar-refractivity contribution is 0.0670. The summed E-state index contributed by atoms with van der Waals surface area (Å²) < 4.78 is 0. The largest absolute Gasteiger partial charge is 0.388 e. The van der Waals surface area contributed by atoms with Crippen LogP contribution in [0.1, 0.15) is 65.1 Å². The summed E-state index contributed by atoms with van der Waals surface area (Å²) in [6.45, 7) is 0.785. The summed E-state index contributed by atoms with van der Waals surface area (Å²) in [4.78, 5) is 20.2. The first-order valence-corrected chi connectivity index (χ1v) is 9.59. The van der Waals surface area contributed by atoms with Gasteiger partial charge in [0, 0.05) is 18.5 Å². The third-order valence-electron chi connectivity index (χ3n) is 5.07. The number of aromatic nitrogens is 1. The topological polar surface area (TPSA) is 53.4 Å². The fraction of sp³-hybridized carbons (Fsp3) is 0.474. The summed E-state index contributed by atoms with van der Waals surface area (Å²) in [7, 11) is 0. The highest BCUT2D eigenvalue weighted by molar-refractivity contribution is 7.11. The van der Waals surface area contributed by atoms with Gasteiger partial charge >= 0.3 is 0 Å². The minimum atomic E-state index is -0.519. The van der Waals surface area contributed by atoms with Crippen LogP contribution in [-0.4, -0.2) is 33.5 Å². The lowest BCUT2D eigenvalue weighted by atomic mass is 10.0. The Bertz CT molecular complexity index is 711. The molecule has 2 aliphatic rings. The zero-order valence-corrected chi connectivity index (χ0v) is 14.4. The van der Waals surface area contributed by atoms with Crippen LogP contribution >= 0.6 is 11.3 Å². The number of benzene rings is 1. The van der Waals surface area contributed by atoms with E-state index >= 15 is 0 Å². The molecule has 1 aromatic heterocycles. The monoisotopic (exact) mass is 342 g/mol. The van der Waals surface area contributed by atoms with Crippen LogP contribution in [0.15, 0.2) is 35.8 Å². The van der Waals surface area contributed by atoms with E-state index in [-0.39, 0.29) is 11.9 Å². The SMILES string of the molecule is O=C(c1scnc1C1CC1)N1CCCC1CC(O)c1ccccc1. The number of hydrogen-bond donors (Lipinski definition) is 1. The van der Waals surface area contributed by atoms with E-state index in [1.165, 1.54) is 11.3 Å². The quantitative estimate of drug-likeness (QED) is 0.900. The van der Waals surface area contributed by atoms with Crippen LogP contribution in [0.4, 0.5) is 0 Å². The summed E-state index contributed by atoms with van der Waals surface area (Å²) in [5.74, 6) is 0.605. The maximum absolute atomic E-state index is 13.0. The number of hydrogen-bond acceptors (Lipinski definition) is 4. The van der Waals surface area contributed by atoms with Gasteiger partial charge in [0.1, 0.15) is 4.88 Å². The molecule has 1 saturated heterocycles. The molecule has 5 heteroatoms. The molecule has 24 heavy (non-hydrogen) atoms. The van der Waals surface area contributed by atoms with Gasteiger partial charge in [0.15, 0.2) is 0 Å². The van der Waals surface area contributed by atoms with E-state index in [0.29, 0.717) is 12.3 Å². The van der Waals surface area contributed by atoms with Crippen molar-refractivity contribution in [2.75, 3.05) is 6.54 Å². The van der Waals surface area contributed by atoms with Gasteiger partial charge in [-0.05, 0) is 37.7 Å². The summed E-state index contributed by atoms with van der Waals surface area (Å²) in [6, 6.07) is 9.83. The number of carbonyl (C=O) groups is 1. The Balaban J connectivity index is 1.48. The van der Waals surface area contributed by atoms with Gasteiger partial charge in [-0.25, -0.2) is 4.98 Å². The van der Waals surface area contributed by atoms with Crippen LogP contribution in [0.3, 0.4) is 0 Å². The molecular weight excluding hydrogens is 320 g/mol. The number of rotatable bonds is 5. The zero-order valence-electron chi connectivity index (χ0n) is 13.6. The molecule has 1 N–H and O–H groups in total. The molecule has 2 aromatic rings. The number of aliphatic hydroxyl groups excluding tert-OH is 1. The number of thiazole rings is 1. The maximum Gasteiger partial charge on any atom is 0.266 e. The number of nitrogens with zero attached hydrogens (tertiary/aromatic N) is 2. The van der Waals surface area contributed by atoms with Crippen molar-refractivity contribution >= 4 is 17.2 Å². The first-order chi connectivity index (χ1) is 11.7. The first kappa shape index (κ1) is 15.8. The number of aliphatic hydroxyl groups is 1. The highest BCUT2D eigenvalue weighted by atomic mass is 32.1. The summed E-state index contributed by atoms with van der Waals surface area (Å²) in [6.07, 6.45) is 4.37. The average molecular weight is 342 g/mol. The van der Waals surface area contributed by atoms with E-state index in [9.17, 15) is 9.90 Å². The van der Waals surface area contributed by atoms with E-state index < -0.39 is 6.10 Å². The molecule has 4 nitrogen and oxygen atoms in total. The summed E-state index contributed by atoms with van der Waals surface area (Å²) in [5.41, 5.74) is 3.72. The molecule has 2 atom stereocenters. The minimum absolute atomic E-state index is 0.113. The predicted molar refractivity (Wildman–Crippen MR) is 94.2 cm³/mol. The second-order valence-corrected chi connectivity index (χ2v) is 7.65. The molecule has 2 fully saturated rings. The smallest absolute Gasteiger partial charge is 0.266 e. The van der Waals surface area contributed by atoms with Crippen molar-refractivity contribution in [1.29, 1.82) is 0 Å². The number of carbonyl (C=O) groups excluding carboxylic acids is 1. The maximum atomic E-state index is 13.0. The Morgan fingerprint density at radius 1 is 1.29 bits per heavy atom. The van der Waals surface area contributed by atoms with E-state index in [4.69, 9.17) is 0 Å². The van der Waals surface area contributed by atoms with Crippen LogP contribution in [0.25, 0.3) is 0 Å². The zero-order chi connectivity index (χ0) is 16.5. The Hall–Kier alpha value is -1.72. The Morgan fingerprint density at radius 2 is 2.08 bits per heavy atom.